The minimum Gasteiger partial charge on any atom is -0.508 e. The number of aromatic nitrogens is 1. The number of anilines is 1. The first-order valence-electron chi connectivity index (χ1n) is 17.6. The Labute approximate surface area is 303 Å². The molecule has 0 radical (unpaired) electrons. The summed E-state index contributed by atoms with van der Waals surface area (Å²) in [5, 5.41) is 10.1. The molecule has 10 heteroatoms. The number of carbonyl (C=O) groups is 2. The number of para-hydroxylation sites is 1. The highest BCUT2D eigenvalue weighted by Crippen LogP contribution is 2.36. The molecule has 2 aliphatic rings. The van der Waals surface area contributed by atoms with E-state index in [-0.39, 0.29) is 30.2 Å². The molecular formula is C42H43FN4O5. The second-order valence-corrected chi connectivity index (χ2v) is 13.5. The highest BCUT2D eigenvalue weighted by atomic mass is 19.1. The van der Waals surface area contributed by atoms with Crippen molar-refractivity contribution < 1.29 is 28.6 Å². The summed E-state index contributed by atoms with van der Waals surface area (Å²) in [7, 11) is 3.42. The molecule has 2 amide bonds. The topological polar surface area (TPSA) is 87.5 Å². The third-order valence-corrected chi connectivity index (χ3v) is 10.3. The van der Waals surface area contributed by atoms with Crippen LogP contribution in [0.1, 0.15) is 43.1 Å². The number of aryl methyl sites for hydroxylation is 1. The highest BCUT2D eigenvalue weighted by molar-refractivity contribution is 6.13. The van der Waals surface area contributed by atoms with Crippen molar-refractivity contribution in [3.05, 3.63) is 137 Å². The standard InChI is InChI=1S/C42H43FN4O5/c1-28-40(42(50)46(33-13-15-35(48)16-14-33)25-31-10-6-7-11-39(31)51-3)38(27-44(28)2)37-23-32(43)12-17-36(37)41(49)47-24-30-9-5-4-8-29(30)22-34(47)26-45-18-20-52-21-19-45/h4-17,23,27,34,48H,18-22,24-26H2,1-3H3/t34-/m0/s1. The van der Waals surface area contributed by atoms with Crippen LogP contribution >= 0.6 is 0 Å². The van der Waals surface area contributed by atoms with Gasteiger partial charge < -0.3 is 28.9 Å². The number of halogens is 1. The number of ether oxygens (including phenoxy) is 2. The molecule has 0 bridgehead atoms. The Bertz CT molecular complexity index is 2090. The Morgan fingerprint density at radius 3 is 2.40 bits per heavy atom. The van der Waals surface area contributed by atoms with Gasteiger partial charge in [-0.3, -0.25) is 14.5 Å². The third kappa shape index (κ3) is 7.04. The fourth-order valence-electron chi connectivity index (χ4n) is 7.40. The predicted octanol–water partition coefficient (Wildman–Crippen LogP) is 6.60. The molecule has 1 fully saturated rings. The normalized spacial score (nSPS) is 16.0. The maximum Gasteiger partial charge on any atom is 0.261 e. The van der Waals surface area contributed by atoms with Gasteiger partial charge in [-0.05, 0) is 78.6 Å². The smallest absolute Gasteiger partial charge is 0.261 e. The molecule has 52 heavy (non-hydrogen) atoms. The molecule has 2 aliphatic heterocycles. The van der Waals surface area contributed by atoms with E-state index < -0.39 is 5.82 Å². The number of methoxy groups -OCH3 is 1. The zero-order valence-electron chi connectivity index (χ0n) is 29.7. The van der Waals surface area contributed by atoms with Crippen LogP contribution in [0.25, 0.3) is 11.1 Å². The van der Waals surface area contributed by atoms with E-state index in [2.05, 4.69) is 17.0 Å². The number of rotatable bonds is 9. The number of benzene rings is 4. The van der Waals surface area contributed by atoms with Crippen molar-refractivity contribution in [2.75, 3.05) is 44.9 Å². The Kier molecular flexibility index (Phi) is 10.1. The van der Waals surface area contributed by atoms with Crippen LogP contribution in [0, 0.1) is 12.7 Å². The molecule has 1 saturated heterocycles. The van der Waals surface area contributed by atoms with E-state index in [1.54, 1.807) is 36.4 Å². The molecule has 1 aromatic heterocycles. The number of amides is 2. The summed E-state index contributed by atoms with van der Waals surface area (Å²) in [5.74, 6) is -0.377. The Hall–Kier alpha value is -5.45. The third-order valence-electron chi connectivity index (χ3n) is 10.3. The fourth-order valence-corrected chi connectivity index (χ4v) is 7.40. The number of phenols is 1. The number of hydrogen-bond donors (Lipinski definition) is 1. The van der Waals surface area contributed by atoms with Gasteiger partial charge in [-0.1, -0.05) is 42.5 Å². The van der Waals surface area contributed by atoms with E-state index in [9.17, 15) is 14.7 Å². The Morgan fingerprint density at radius 1 is 0.942 bits per heavy atom. The summed E-state index contributed by atoms with van der Waals surface area (Å²) in [6.07, 6.45) is 2.50. The molecule has 1 atom stereocenters. The zero-order valence-corrected chi connectivity index (χ0v) is 29.7. The van der Waals surface area contributed by atoms with Crippen molar-refractivity contribution in [2.45, 2.75) is 32.5 Å². The lowest BCUT2D eigenvalue weighted by Gasteiger charge is -2.40. The van der Waals surface area contributed by atoms with E-state index in [1.807, 2.05) is 59.8 Å². The van der Waals surface area contributed by atoms with Crippen molar-refractivity contribution in [3.8, 4) is 22.6 Å². The van der Waals surface area contributed by atoms with Crippen molar-refractivity contribution in [1.82, 2.24) is 14.4 Å². The zero-order chi connectivity index (χ0) is 36.4. The molecule has 0 spiro atoms. The lowest BCUT2D eigenvalue weighted by atomic mass is 9.91. The van der Waals surface area contributed by atoms with Gasteiger partial charge in [0.15, 0.2) is 0 Å². The molecule has 5 aromatic rings. The van der Waals surface area contributed by atoms with Gasteiger partial charge in [0.05, 0.1) is 32.4 Å². The van der Waals surface area contributed by atoms with Gasteiger partial charge in [0.1, 0.15) is 17.3 Å². The van der Waals surface area contributed by atoms with Crippen LogP contribution in [-0.4, -0.2) is 77.3 Å². The molecular weight excluding hydrogens is 659 g/mol. The van der Waals surface area contributed by atoms with Crippen LogP contribution in [0.3, 0.4) is 0 Å². The summed E-state index contributed by atoms with van der Waals surface area (Å²) in [6, 6.07) is 26.2. The first-order valence-corrected chi connectivity index (χ1v) is 17.6. The molecule has 1 N–H and O–H groups in total. The lowest BCUT2D eigenvalue weighted by molar-refractivity contribution is 0.0193. The maximum atomic E-state index is 15.3. The van der Waals surface area contributed by atoms with Crippen molar-refractivity contribution in [2.24, 2.45) is 7.05 Å². The number of nitrogens with zero attached hydrogens (tertiary/aromatic N) is 4. The quantitative estimate of drug-likeness (QED) is 0.186. The first kappa shape index (κ1) is 35.0. The summed E-state index contributed by atoms with van der Waals surface area (Å²) in [6.45, 7) is 6.02. The number of phenolic OH excluding ortho intramolecular Hbond substituents is 1. The molecule has 0 unspecified atom stereocenters. The van der Waals surface area contributed by atoms with Gasteiger partial charge in [-0.15, -0.1) is 0 Å². The maximum absolute atomic E-state index is 15.3. The SMILES string of the molecule is COc1ccccc1CN(C(=O)c1c(-c2cc(F)ccc2C(=O)N2Cc3ccccc3C[C@H]2CN2CCOCC2)cn(C)c1C)c1ccc(O)cc1. The molecule has 9 nitrogen and oxygen atoms in total. The van der Waals surface area contributed by atoms with Gasteiger partial charge in [0, 0.05) is 73.5 Å². The number of hydrogen-bond acceptors (Lipinski definition) is 6. The second-order valence-electron chi connectivity index (χ2n) is 13.5. The summed E-state index contributed by atoms with van der Waals surface area (Å²) in [5.41, 5.74) is 5.78. The van der Waals surface area contributed by atoms with E-state index in [1.165, 1.54) is 29.8 Å². The minimum atomic E-state index is -0.510. The van der Waals surface area contributed by atoms with Crippen molar-refractivity contribution in [1.29, 1.82) is 0 Å². The predicted molar refractivity (Wildman–Crippen MR) is 198 cm³/mol. The van der Waals surface area contributed by atoms with Crippen LogP contribution in [0.15, 0.2) is 97.2 Å². The van der Waals surface area contributed by atoms with E-state index in [0.717, 1.165) is 24.2 Å². The second kappa shape index (κ2) is 15.0. The molecule has 4 aromatic carbocycles. The van der Waals surface area contributed by atoms with Crippen LogP contribution < -0.4 is 9.64 Å². The van der Waals surface area contributed by atoms with Crippen LogP contribution in [0.5, 0.6) is 11.5 Å². The van der Waals surface area contributed by atoms with Crippen LogP contribution in [0.2, 0.25) is 0 Å². The van der Waals surface area contributed by atoms with E-state index in [4.69, 9.17) is 9.47 Å². The Morgan fingerprint density at radius 2 is 1.65 bits per heavy atom. The number of fused-ring (bicyclic) bond motifs is 1. The molecule has 0 aliphatic carbocycles. The fraction of sp³-hybridized carbons (Fsp3) is 0.286. The number of carbonyl (C=O) groups excluding carboxylic acids is 2. The monoisotopic (exact) mass is 702 g/mol. The van der Waals surface area contributed by atoms with Gasteiger partial charge in [0.25, 0.3) is 11.8 Å². The minimum absolute atomic E-state index is 0.0696. The van der Waals surface area contributed by atoms with Crippen LogP contribution in [-0.2, 0) is 31.3 Å². The number of morpholine rings is 1. The van der Waals surface area contributed by atoms with Crippen molar-refractivity contribution in [3.63, 3.8) is 0 Å². The van der Waals surface area contributed by atoms with Crippen molar-refractivity contribution >= 4 is 17.5 Å². The molecule has 268 valence electrons. The van der Waals surface area contributed by atoms with Gasteiger partial charge in [0.2, 0.25) is 0 Å². The van der Waals surface area contributed by atoms with E-state index in [0.29, 0.717) is 72.1 Å². The number of aromatic hydroxyl groups is 1. The van der Waals surface area contributed by atoms with E-state index >= 15 is 4.39 Å². The van der Waals surface area contributed by atoms with Gasteiger partial charge in [-0.2, -0.15) is 0 Å². The largest absolute Gasteiger partial charge is 0.508 e. The average molecular weight is 703 g/mol. The van der Waals surface area contributed by atoms with Gasteiger partial charge >= 0.3 is 0 Å². The average Bonchev–Trinajstić information content (AvgIpc) is 3.47. The van der Waals surface area contributed by atoms with Gasteiger partial charge in [-0.25, -0.2) is 4.39 Å². The molecule has 3 heterocycles. The lowest BCUT2D eigenvalue weighted by Crippen LogP contribution is -2.52. The first-order chi connectivity index (χ1) is 25.2. The molecule has 0 saturated carbocycles. The summed E-state index contributed by atoms with van der Waals surface area (Å²) in [4.78, 5) is 35.7. The summed E-state index contributed by atoms with van der Waals surface area (Å²) < 4.78 is 28.4. The highest BCUT2D eigenvalue weighted by Gasteiger charge is 2.35. The Balaban J connectivity index is 1.31. The molecule has 7 rings (SSSR count). The summed E-state index contributed by atoms with van der Waals surface area (Å²) >= 11 is 0. The van der Waals surface area contributed by atoms with Crippen LogP contribution in [0.4, 0.5) is 10.1 Å².